The Morgan fingerprint density at radius 1 is 0.582 bits per heavy atom. The number of pyridine rings is 1. The van der Waals surface area contributed by atoms with Crippen LogP contribution in [0, 0.1) is 11.8 Å². The second-order valence-electron chi connectivity index (χ2n) is 13.9. The van der Waals surface area contributed by atoms with Gasteiger partial charge in [-0.25, -0.2) is 4.98 Å². The standard InChI is InChI=1S/C49H39NOS2.2CH4/c1-35(36-16-6-2-7-17-36)52(38-19-8-3-9-20-38)43-33-46-45-32-42(30-31-47(45)51-49(46)50-34-43)53(39-21-10-4-11-22-39,40-23-12-5-13-24-40)41-25-15-26-44-37(28-29-41)18-14-27-48(44)52;;/h2-35,37,44H,1H3;2*1H4/b26-15+,29-28-,41-25+;;. The number of hydrogen-bond acceptors (Lipinski definition) is 2. The lowest BCUT2D eigenvalue weighted by Gasteiger charge is -2.51. The molecule has 11 rings (SSSR count). The molecule has 2 aromatic heterocycles. The van der Waals surface area contributed by atoms with Crippen LogP contribution in [0.2, 0.25) is 0 Å². The third-order valence-corrected chi connectivity index (χ3v) is 19.6. The lowest BCUT2D eigenvalue weighted by atomic mass is 9.86. The van der Waals surface area contributed by atoms with Gasteiger partial charge in [-0.05, 0) is 89.0 Å². The van der Waals surface area contributed by atoms with E-state index in [0.717, 1.165) is 16.4 Å². The fourth-order valence-corrected chi connectivity index (χ4v) is 17.4. The molecular weight excluding hydrogens is 707 g/mol. The summed E-state index contributed by atoms with van der Waals surface area (Å²) in [6.07, 6.45) is 21.4. The maximum Gasteiger partial charge on any atom is 0.227 e. The van der Waals surface area contributed by atoms with Gasteiger partial charge in [-0.1, -0.05) is 142 Å². The number of fused-ring (bicyclic) bond motifs is 1. The maximum atomic E-state index is 6.59. The molecule has 4 atom stereocenters. The second-order valence-corrected chi connectivity index (χ2v) is 20.5. The van der Waals surface area contributed by atoms with Gasteiger partial charge < -0.3 is 4.42 Å². The molecule has 0 N–H and O–H groups in total. The summed E-state index contributed by atoms with van der Waals surface area (Å²) in [6.45, 7) is 2.43. The zero-order valence-corrected chi connectivity index (χ0v) is 31.1. The Morgan fingerprint density at radius 2 is 1.18 bits per heavy atom. The van der Waals surface area contributed by atoms with Crippen molar-refractivity contribution in [3.05, 3.63) is 216 Å². The van der Waals surface area contributed by atoms with Crippen LogP contribution < -0.4 is 0 Å². The third kappa shape index (κ3) is 5.53. The summed E-state index contributed by atoms with van der Waals surface area (Å²) in [5, 5.41) is 2.32. The average molecular weight is 754 g/mol. The highest BCUT2D eigenvalue weighted by atomic mass is 32.3. The molecule has 274 valence electrons. The number of hydrogen-bond donors (Lipinski definition) is 0. The second kappa shape index (κ2) is 14.6. The van der Waals surface area contributed by atoms with Gasteiger partial charge >= 0.3 is 0 Å². The maximum absolute atomic E-state index is 6.59. The fourth-order valence-electron chi connectivity index (χ4n) is 8.80. The molecule has 5 aromatic carbocycles. The number of allylic oxidation sites excluding steroid dienone is 9. The molecule has 2 nitrogen and oxygen atoms in total. The van der Waals surface area contributed by atoms with Crippen LogP contribution in [0.25, 0.3) is 22.1 Å². The molecule has 0 fully saturated rings. The van der Waals surface area contributed by atoms with E-state index in [4.69, 9.17) is 9.40 Å². The molecular formula is C51H47NOS2. The molecule has 2 aliphatic carbocycles. The topological polar surface area (TPSA) is 26.0 Å². The molecule has 55 heavy (non-hydrogen) atoms. The lowest BCUT2D eigenvalue weighted by Crippen LogP contribution is -2.23. The summed E-state index contributed by atoms with van der Waals surface area (Å²) in [5.74, 6) is 0.317. The van der Waals surface area contributed by atoms with E-state index in [2.05, 4.69) is 207 Å². The van der Waals surface area contributed by atoms with Crippen molar-refractivity contribution in [3.63, 3.8) is 0 Å². The van der Waals surface area contributed by atoms with Crippen molar-refractivity contribution >= 4 is 42.1 Å². The third-order valence-electron chi connectivity index (χ3n) is 11.2. The smallest absolute Gasteiger partial charge is 0.227 e. The lowest BCUT2D eigenvalue weighted by molar-refractivity contribution is 0.651. The van der Waals surface area contributed by atoms with Crippen LogP contribution in [0.4, 0.5) is 0 Å². The van der Waals surface area contributed by atoms with Gasteiger partial charge in [0.05, 0.1) is 0 Å². The quantitative estimate of drug-likeness (QED) is 0.175. The monoisotopic (exact) mass is 753 g/mol. The zero-order valence-electron chi connectivity index (χ0n) is 29.5. The van der Waals surface area contributed by atoms with Gasteiger partial charge in [-0.15, -0.1) is 10.0 Å². The Bertz CT molecular complexity index is 2600. The molecule has 0 amide bonds. The van der Waals surface area contributed by atoms with E-state index < -0.39 is 20.1 Å². The molecule has 4 aliphatic rings. The van der Waals surface area contributed by atoms with Gasteiger partial charge in [0, 0.05) is 58.5 Å². The van der Waals surface area contributed by atoms with Crippen molar-refractivity contribution < 1.29 is 4.42 Å². The van der Waals surface area contributed by atoms with Gasteiger partial charge in [-0.3, -0.25) is 0 Å². The highest BCUT2D eigenvalue weighted by Gasteiger charge is 2.44. The number of nitrogens with zero attached hydrogens (tertiary/aromatic N) is 1. The van der Waals surface area contributed by atoms with E-state index in [1.807, 2.05) is 0 Å². The number of furan rings is 1. The Labute approximate surface area is 329 Å². The van der Waals surface area contributed by atoms with Crippen LogP contribution in [-0.4, -0.2) is 4.98 Å². The normalized spacial score (nSPS) is 24.9. The summed E-state index contributed by atoms with van der Waals surface area (Å²) in [7, 11) is -3.86. The summed E-state index contributed by atoms with van der Waals surface area (Å²) in [4.78, 5) is 14.4. The number of aromatic nitrogens is 1. The minimum Gasteiger partial charge on any atom is -0.438 e. The summed E-state index contributed by atoms with van der Waals surface area (Å²) >= 11 is 0. The average Bonchev–Trinajstić information content (AvgIpc) is 3.58. The molecule has 7 aromatic rings. The first-order valence-corrected chi connectivity index (χ1v) is 21.7. The van der Waals surface area contributed by atoms with Crippen molar-refractivity contribution in [2.24, 2.45) is 11.8 Å². The van der Waals surface area contributed by atoms with Crippen LogP contribution in [0.5, 0.6) is 0 Å². The van der Waals surface area contributed by atoms with Crippen LogP contribution in [0.1, 0.15) is 32.6 Å². The first kappa shape index (κ1) is 36.4. The molecule has 4 unspecified atom stereocenters. The van der Waals surface area contributed by atoms with Gasteiger partial charge in [0.15, 0.2) is 0 Å². The first-order chi connectivity index (χ1) is 26.2. The van der Waals surface area contributed by atoms with E-state index in [1.54, 1.807) is 0 Å². The predicted octanol–water partition coefficient (Wildman–Crippen LogP) is 15.2. The molecule has 4 heterocycles. The van der Waals surface area contributed by atoms with Crippen LogP contribution in [0.15, 0.2) is 239 Å². The Kier molecular flexibility index (Phi) is 9.67. The molecule has 0 radical (unpaired) electrons. The van der Waals surface area contributed by atoms with E-state index in [0.29, 0.717) is 5.71 Å². The largest absolute Gasteiger partial charge is 0.438 e. The fraction of sp³-hybridized carbons (Fsp3) is 0.118. The highest BCUT2D eigenvalue weighted by Crippen LogP contribution is 2.79. The molecule has 0 saturated carbocycles. The van der Waals surface area contributed by atoms with Gasteiger partial charge in [0.1, 0.15) is 5.58 Å². The molecule has 8 bridgehead atoms. The van der Waals surface area contributed by atoms with E-state index in [9.17, 15) is 0 Å². The summed E-state index contributed by atoms with van der Waals surface area (Å²) < 4.78 is 6.59. The molecule has 0 saturated heterocycles. The van der Waals surface area contributed by atoms with Crippen molar-refractivity contribution in [1.82, 2.24) is 4.98 Å². The Hall–Kier alpha value is -5.55. The summed E-state index contributed by atoms with van der Waals surface area (Å²) in [6, 6.07) is 53.8. The van der Waals surface area contributed by atoms with Crippen molar-refractivity contribution in [2.45, 2.75) is 51.5 Å². The van der Waals surface area contributed by atoms with Gasteiger partial charge in [0.2, 0.25) is 5.71 Å². The van der Waals surface area contributed by atoms with Gasteiger partial charge in [-0.2, -0.15) is 10.0 Å². The Morgan fingerprint density at radius 3 is 1.85 bits per heavy atom. The number of benzene rings is 5. The first-order valence-electron chi connectivity index (χ1n) is 18.3. The van der Waals surface area contributed by atoms with Crippen molar-refractivity contribution in [2.75, 3.05) is 0 Å². The van der Waals surface area contributed by atoms with E-state index in [-0.39, 0.29) is 31.9 Å². The number of rotatable bonds is 5. The molecule has 0 spiro atoms. The Balaban J connectivity index is 0.00000214. The molecule has 2 aliphatic heterocycles. The zero-order chi connectivity index (χ0) is 35.4. The van der Waals surface area contributed by atoms with Crippen molar-refractivity contribution in [3.8, 4) is 0 Å². The predicted molar refractivity (Wildman–Crippen MR) is 236 cm³/mol. The van der Waals surface area contributed by atoms with Crippen LogP contribution >= 0.6 is 20.1 Å². The highest BCUT2D eigenvalue weighted by molar-refractivity contribution is 8.37. The minimum atomic E-state index is -1.94. The molecule has 4 heteroatoms. The van der Waals surface area contributed by atoms with E-state index >= 15 is 0 Å². The van der Waals surface area contributed by atoms with Crippen LogP contribution in [0.3, 0.4) is 0 Å². The van der Waals surface area contributed by atoms with E-state index in [1.165, 1.54) is 39.9 Å². The van der Waals surface area contributed by atoms with Crippen LogP contribution in [-0.2, 0) is 0 Å². The SMILES string of the molecule is C.C.CC(c1ccccc1)S1(c2ccccc2)C2=CC=CC3\C=C/C(=C\C=C\C23)S(c2ccccc2)(c2ccccc2)c2ccc3oc4ncc1cc4c3c2. The minimum absolute atomic E-state index is 0. The van der Waals surface area contributed by atoms with Crippen molar-refractivity contribution in [1.29, 1.82) is 0 Å². The summed E-state index contributed by atoms with van der Waals surface area (Å²) in [5.41, 5.74) is 2.86. The van der Waals surface area contributed by atoms with Gasteiger partial charge in [0.25, 0.3) is 0 Å².